The van der Waals surface area contributed by atoms with Crippen molar-refractivity contribution in [3.8, 4) is 0 Å². The number of piperidine rings is 1. The maximum atomic E-state index is 13.6. The predicted octanol–water partition coefficient (Wildman–Crippen LogP) is 3.30. The summed E-state index contributed by atoms with van der Waals surface area (Å²) in [6, 6.07) is 1.00. The smallest absolute Gasteiger partial charge is 0.180 e. The molecule has 0 radical (unpaired) electrons. The van der Waals surface area contributed by atoms with Crippen LogP contribution in [0.15, 0.2) is 6.07 Å². The lowest BCUT2D eigenvalue weighted by atomic mass is 9.91. The average molecular weight is 264 g/mol. The first-order valence-corrected chi connectivity index (χ1v) is 6.00. The van der Waals surface area contributed by atoms with Crippen molar-refractivity contribution in [3.63, 3.8) is 0 Å². The highest BCUT2D eigenvalue weighted by atomic mass is 35.5. The van der Waals surface area contributed by atoms with Crippen LogP contribution >= 0.6 is 11.6 Å². The third-order valence-corrected chi connectivity index (χ3v) is 3.49. The van der Waals surface area contributed by atoms with Gasteiger partial charge in [0.15, 0.2) is 11.6 Å². The normalized spacial score (nSPS) is 17.4. The summed E-state index contributed by atoms with van der Waals surface area (Å²) < 4.78 is 40.0. The Kier molecular flexibility index (Phi) is 3.94. The molecule has 1 nitrogen and oxygen atoms in total. The van der Waals surface area contributed by atoms with Crippen LogP contribution in [-0.4, -0.2) is 13.1 Å². The van der Waals surface area contributed by atoms with Gasteiger partial charge in [-0.25, -0.2) is 13.2 Å². The molecule has 1 N–H and O–H groups in total. The Bertz CT molecular complexity index is 417. The number of hydrogen-bond donors (Lipinski definition) is 1. The molecule has 5 heteroatoms. The molecular weight excluding hydrogens is 251 g/mol. The Hall–Kier alpha value is -0.740. The van der Waals surface area contributed by atoms with Crippen molar-refractivity contribution in [2.75, 3.05) is 13.1 Å². The molecule has 0 saturated carbocycles. The van der Waals surface area contributed by atoms with Crippen LogP contribution < -0.4 is 5.32 Å². The molecule has 1 heterocycles. The van der Waals surface area contributed by atoms with E-state index in [2.05, 4.69) is 5.32 Å². The summed E-state index contributed by atoms with van der Waals surface area (Å²) in [7, 11) is 0. The third kappa shape index (κ3) is 2.75. The highest BCUT2D eigenvalue weighted by Gasteiger charge is 2.21. The highest BCUT2D eigenvalue weighted by molar-refractivity contribution is 6.30. The molecule has 0 spiro atoms. The standard InChI is InChI=1S/C12H13ClF3N/c13-10-9(14)6-8(11(15)12(10)16)5-7-1-3-17-4-2-7/h6-7,17H,1-5H2. The van der Waals surface area contributed by atoms with Gasteiger partial charge in [-0.15, -0.1) is 0 Å². The largest absolute Gasteiger partial charge is 0.317 e. The molecule has 1 aliphatic rings. The molecule has 1 aromatic carbocycles. The second kappa shape index (κ2) is 5.27. The van der Waals surface area contributed by atoms with Crippen LogP contribution in [0, 0.1) is 23.4 Å². The molecule has 0 bridgehead atoms. The van der Waals surface area contributed by atoms with Crippen molar-refractivity contribution < 1.29 is 13.2 Å². The topological polar surface area (TPSA) is 12.0 Å². The SMILES string of the molecule is Fc1cc(CC2CCNCC2)c(F)c(F)c1Cl. The molecule has 0 amide bonds. The van der Waals surface area contributed by atoms with E-state index >= 15 is 0 Å². The second-order valence-electron chi connectivity index (χ2n) is 4.36. The van der Waals surface area contributed by atoms with E-state index in [1.807, 2.05) is 0 Å². The van der Waals surface area contributed by atoms with Gasteiger partial charge in [-0.2, -0.15) is 0 Å². The first-order chi connectivity index (χ1) is 8.09. The van der Waals surface area contributed by atoms with Gasteiger partial charge in [-0.05, 0) is 49.9 Å². The predicted molar refractivity (Wildman–Crippen MR) is 60.6 cm³/mol. The quantitative estimate of drug-likeness (QED) is 0.638. The van der Waals surface area contributed by atoms with Crippen molar-refractivity contribution in [1.82, 2.24) is 5.32 Å². The van der Waals surface area contributed by atoms with Gasteiger partial charge >= 0.3 is 0 Å². The van der Waals surface area contributed by atoms with Gasteiger partial charge in [0.25, 0.3) is 0 Å². The van der Waals surface area contributed by atoms with Gasteiger partial charge in [-0.1, -0.05) is 11.6 Å². The van der Waals surface area contributed by atoms with Crippen LogP contribution in [0.2, 0.25) is 5.02 Å². The molecule has 2 rings (SSSR count). The first-order valence-electron chi connectivity index (χ1n) is 5.62. The maximum Gasteiger partial charge on any atom is 0.180 e. The van der Waals surface area contributed by atoms with Crippen LogP contribution in [-0.2, 0) is 6.42 Å². The fourth-order valence-corrected chi connectivity index (χ4v) is 2.30. The zero-order chi connectivity index (χ0) is 12.4. The summed E-state index contributed by atoms with van der Waals surface area (Å²) in [6.45, 7) is 1.73. The van der Waals surface area contributed by atoms with Gasteiger partial charge < -0.3 is 5.32 Å². The van der Waals surface area contributed by atoms with E-state index in [4.69, 9.17) is 11.6 Å². The lowest BCUT2D eigenvalue weighted by molar-refractivity contribution is 0.365. The summed E-state index contributed by atoms with van der Waals surface area (Å²) in [4.78, 5) is 0. The van der Waals surface area contributed by atoms with Crippen LogP contribution in [0.25, 0.3) is 0 Å². The first kappa shape index (κ1) is 12.7. The lowest BCUT2D eigenvalue weighted by Gasteiger charge is -2.22. The number of rotatable bonds is 2. The molecule has 1 aliphatic heterocycles. The van der Waals surface area contributed by atoms with E-state index in [1.165, 1.54) is 0 Å². The molecule has 0 unspecified atom stereocenters. The van der Waals surface area contributed by atoms with E-state index in [9.17, 15) is 13.2 Å². The maximum absolute atomic E-state index is 13.6. The van der Waals surface area contributed by atoms with E-state index in [0.717, 1.165) is 32.0 Å². The Balaban J connectivity index is 2.20. The van der Waals surface area contributed by atoms with E-state index in [0.29, 0.717) is 6.42 Å². The van der Waals surface area contributed by atoms with Gasteiger partial charge in [0.1, 0.15) is 10.8 Å². The monoisotopic (exact) mass is 263 g/mol. The van der Waals surface area contributed by atoms with E-state index in [-0.39, 0.29) is 11.5 Å². The van der Waals surface area contributed by atoms with Crippen molar-refractivity contribution in [2.24, 2.45) is 5.92 Å². The minimum atomic E-state index is -1.28. The van der Waals surface area contributed by atoms with Crippen LogP contribution in [0.5, 0.6) is 0 Å². The summed E-state index contributed by atoms with van der Waals surface area (Å²) in [5.41, 5.74) is 0.0799. The summed E-state index contributed by atoms with van der Waals surface area (Å²) in [5.74, 6) is -2.93. The van der Waals surface area contributed by atoms with Crippen molar-refractivity contribution in [1.29, 1.82) is 0 Å². The zero-order valence-corrected chi connectivity index (χ0v) is 9.96. The van der Waals surface area contributed by atoms with Gasteiger partial charge in [0, 0.05) is 0 Å². The molecule has 0 aromatic heterocycles. The fraction of sp³-hybridized carbons (Fsp3) is 0.500. The fourth-order valence-electron chi connectivity index (χ4n) is 2.17. The number of nitrogens with one attached hydrogen (secondary N) is 1. The van der Waals surface area contributed by atoms with E-state index < -0.39 is 22.5 Å². The molecule has 0 atom stereocenters. The van der Waals surface area contributed by atoms with Crippen molar-refractivity contribution in [2.45, 2.75) is 19.3 Å². The minimum Gasteiger partial charge on any atom is -0.317 e. The minimum absolute atomic E-state index is 0.0799. The summed E-state index contributed by atoms with van der Waals surface area (Å²) in [6.07, 6.45) is 2.15. The molecule has 1 fully saturated rings. The Morgan fingerprint density at radius 2 is 1.82 bits per heavy atom. The lowest BCUT2D eigenvalue weighted by Crippen LogP contribution is -2.28. The Labute approximate surface area is 103 Å². The summed E-state index contributed by atoms with van der Waals surface area (Å²) >= 11 is 5.30. The van der Waals surface area contributed by atoms with Crippen LogP contribution in [0.3, 0.4) is 0 Å². The second-order valence-corrected chi connectivity index (χ2v) is 4.73. The highest BCUT2D eigenvalue weighted by Crippen LogP contribution is 2.27. The third-order valence-electron chi connectivity index (χ3n) is 3.15. The molecule has 94 valence electrons. The van der Waals surface area contributed by atoms with Crippen molar-refractivity contribution in [3.05, 3.63) is 34.1 Å². The Morgan fingerprint density at radius 1 is 1.18 bits per heavy atom. The molecule has 17 heavy (non-hydrogen) atoms. The number of halogens is 4. The zero-order valence-electron chi connectivity index (χ0n) is 9.20. The molecule has 1 aromatic rings. The molecule has 0 aliphatic carbocycles. The van der Waals surface area contributed by atoms with Gasteiger partial charge in [0.2, 0.25) is 0 Å². The molecule has 1 saturated heterocycles. The molecular formula is C12H13ClF3N. The van der Waals surface area contributed by atoms with Crippen LogP contribution in [0.4, 0.5) is 13.2 Å². The van der Waals surface area contributed by atoms with Gasteiger partial charge in [0.05, 0.1) is 0 Å². The Morgan fingerprint density at radius 3 is 2.47 bits per heavy atom. The number of benzene rings is 1. The summed E-state index contributed by atoms with van der Waals surface area (Å²) in [5, 5.41) is 2.42. The van der Waals surface area contributed by atoms with Gasteiger partial charge in [-0.3, -0.25) is 0 Å². The van der Waals surface area contributed by atoms with Crippen molar-refractivity contribution >= 4 is 11.6 Å². The van der Waals surface area contributed by atoms with E-state index in [1.54, 1.807) is 0 Å². The number of hydrogen-bond acceptors (Lipinski definition) is 1. The van der Waals surface area contributed by atoms with Crippen LogP contribution in [0.1, 0.15) is 18.4 Å². The average Bonchev–Trinajstić information content (AvgIpc) is 2.35.